The van der Waals surface area contributed by atoms with E-state index in [1.165, 1.54) is 29.8 Å². The maximum atomic E-state index is 12.5. The van der Waals surface area contributed by atoms with Gasteiger partial charge >= 0.3 is 0 Å². The summed E-state index contributed by atoms with van der Waals surface area (Å²) in [6.45, 7) is 0.492. The lowest BCUT2D eigenvalue weighted by Crippen LogP contribution is -2.45. The van der Waals surface area contributed by atoms with E-state index in [1.807, 2.05) is 18.2 Å². The SMILES string of the molecule is C#CCNS(=O)(=O)c1ccc(C(=O)NCC2(c3ccccc3)CCC2)cc1. The van der Waals surface area contributed by atoms with Gasteiger partial charge in [-0.2, -0.15) is 4.72 Å². The third-order valence-corrected chi connectivity index (χ3v) is 6.49. The summed E-state index contributed by atoms with van der Waals surface area (Å²) in [5, 5.41) is 3.00. The quantitative estimate of drug-likeness (QED) is 0.723. The van der Waals surface area contributed by atoms with E-state index in [-0.39, 0.29) is 22.8 Å². The van der Waals surface area contributed by atoms with Gasteiger partial charge in [0.05, 0.1) is 11.4 Å². The van der Waals surface area contributed by atoms with Crippen LogP contribution in [-0.2, 0) is 15.4 Å². The predicted molar refractivity (Wildman–Crippen MR) is 105 cm³/mol. The molecule has 5 nitrogen and oxygen atoms in total. The summed E-state index contributed by atoms with van der Waals surface area (Å²) in [6, 6.07) is 16.1. The number of benzene rings is 2. The number of amides is 1. The van der Waals surface area contributed by atoms with Crippen LogP contribution in [0.4, 0.5) is 0 Å². The molecule has 1 aliphatic rings. The zero-order valence-corrected chi connectivity index (χ0v) is 15.8. The van der Waals surface area contributed by atoms with E-state index in [0.717, 1.165) is 19.3 Å². The maximum Gasteiger partial charge on any atom is 0.251 e. The Morgan fingerprint density at radius 1 is 1.07 bits per heavy atom. The van der Waals surface area contributed by atoms with Crippen molar-refractivity contribution < 1.29 is 13.2 Å². The summed E-state index contributed by atoms with van der Waals surface area (Å²) in [6.07, 6.45) is 8.33. The van der Waals surface area contributed by atoms with Gasteiger partial charge in [0.1, 0.15) is 0 Å². The topological polar surface area (TPSA) is 75.3 Å². The van der Waals surface area contributed by atoms with E-state index in [1.54, 1.807) is 0 Å². The largest absolute Gasteiger partial charge is 0.351 e. The van der Waals surface area contributed by atoms with Crippen LogP contribution in [0.15, 0.2) is 59.5 Å². The Morgan fingerprint density at radius 3 is 2.30 bits per heavy atom. The number of nitrogens with one attached hydrogen (secondary N) is 2. The molecular formula is C21H22N2O3S. The third-order valence-electron chi connectivity index (χ3n) is 5.08. The van der Waals surface area contributed by atoms with Crippen LogP contribution in [0.1, 0.15) is 35.2 Å². The standard InChI is InChI=1S/C21H22N2O3S/c1-2-15-23-27(25,26)19-11-9-17(10-12-19)20(24)22-16-21(13-6-14-21)18-7-4-3-5-8-18/h1,3-5,7-12,23H,6,13-16H2,(H,22,24). The average molecular weight is 382 g/mol. The van der Waals surface area contributed by atoms with Crippen molar-refractivity contribution >= 4 is 15.9 Å². The van der Waals surface area contributed by atoms with Gasteiger partial charge in [-0.1, -0.05) is 42.7 Å². The highest BCUT2D eigenvalue weighted by Crippen LogP contribution is 2.43. The number of hydrogen-bond donors (Lipinski definition) is 2. The first-order valence-electron chi connectivity index (χ1n) is 8.84. The molecule has 0 unspecified atom stereocenters. The maximum absolute atomic E-state index is 12.5. The van der Waals surface area contributed by atoms with Crippen molar-refractivity contribution in [1.29, 1.82) is 0 Å². The van der Waals surface area contributed by atoms with Crippen LogP contribution in [0.5, 0.6) is 0 Å². The first-order chi connectivity index (χ1) is 13.0. The summed E-state index contributed by atoms with van der Waals surface area (Å²) in [7, 11) is -3.66. The molecule has 2 N–H and O–H groups in total. The monoisotopic (exact) mass is 382 g/mol. The number of sulfonamides is 1. The summed E-state index contributed by atoms with van der Waals surface area (Å²) >= 11 is 0. The molecule has 6 heteroatoms. The molecule has 140 valence electrons. The predicted octanol–water partition coefficient (Wildman–Crippen LogP) is 2.45. The minimum absolute atomic E-state index is 0.000651. The molecule has 0 heterocycles. The Hall–Kier alpha value is -2.62. The fourth-order valence-electron chi connectivity index (χ4n) is 3.32. The van der Waals surface area contributed by atoms with E-state index < -0.39 is 10.0 Å². The van der Waals surface area contributed by atoms with Gasteiger partial charge in [-0.05, 0) is 42.7 Å². The summed E-state index contributed by atoms with van der Waals surface area (Å²) in [5.74, 6) is 2.01. The van der Waals surface area contributed by atoms with Crippen molar-refractivity contribution in [2.45, 2.75) is 29.6 Å². The molecule has 0 aromatic heterocycles. The van der Waals surface area contributed by atoms with Crippen molar-refractivity contribution in [2.24, 2.45) is 0 Å². The Kier molecular flexibility index (Phi) is 5.64. The van der Waals surface area contributed by atoms with Gasteiger partial charge < -0.3 is 5.32 Å². The first-order valence-corrected chi connectivity index (χ1v) is 10.3. The summed E-state index contributed by atoms with van der Waals surface area (Å²) in [5.41, 5.74) is 1.67. The van der Waals surface area contributed by atoms with Crippen molar-refractivity contribution in [3.8, 4) is 12.3 Å². The van der Waals surface area contributed by atoms with Crippen LogP contribution < -0.4 is 10.0 Å². The number of rotatable bonds is 7. The smallest absolute Gasteiger partial charge is 0.251 e. The van der Waals surface area contributed by atoms with Crippen molar-refractivity contribution in [3.05, 3.63) is 65.7 Å². The number of terminal acetylenes is 1. The molecule has 0 spiro atoms. The van der Waals surface area contributed by atoms with Crippen LogP contribution in [0.3, 0.4) is 0 Å². The molecular weight excluding hydrogens is 360 g/mol. The van der Waals surface area contributed by atoms with Crippen LogP contribution in [0.25, 0.3) is 0 Å². The Balaban J connectivity index is 1.66. The third kappa shape index (κ3) is 4.21. The average Bonchev–Trinajstić information content (AvgIpc) is 2.66. The van der Waals surface area contributed by atoms with Gasteiger partial charge in [-0.15, -0.1) is 6.42 Å². The normalized spacial score (nSPS) is 15.4. The molecule has 1 saturated carbocycles. The van der Waals surface area contributed by atoms with Gasteiger partial charge in [-0.3, -0.25) is 4.79 Å². The van der Waals surface area contributed by atoms with E-state index in [0.29, 0.717) is 12.1 Å². The van der Waals surface area contributed by atoms with E-state index >= 15 is 0 Å². The van der Waals surface area contributed by atoms with E-state index in [2.05, 4.69) is 28.1 Å². The number of hydrogen-bond acceptors (Lipinski definition) is 3. The number of carbonyl (C=O) groups is 1. The molecule has 0 bridgehead atoms. The van der Waals surface area contributed by atoms with Crippen LogP contribution >= 0.6 is 0 Å². The van der Waals surface area contributed by atoms with Crippen molar-refractivity contribution in [3.63, 3.8) is 0 Å². The molecule has 3 rings (SSSR count). The Labute approximate surface area is 160 Å². The van der Waals surface area contributed by atoms with Crippen molar-refractivity contribution in [1.82, 2.24) is 10.0 Å². The lowest BCUT2D eigenvalue weighted by molar-refractivity contribution is 0.0927. The van der Waals surface area contributed by atoms with Gasteiger partial charge in [0, 0.05) is 17.5 Å². The van der Waals surface area contributed by atoms with Crippen LogP contribution in [-0.4, -0.2) is 27.4 Å². The second kappa shape index (κ2) is 7.95. The highest BCUT2D eigenvalue weighted by atomic mass is 32.2. The van der Waals surface area contributed by atoms with Gasteiger partial charge in [-0.25, -0.2) is 8.42 Å². The molecule has 0 saturated heterocycles. The zero-order valence-electron chi connectivity index (χ0n) is 14.9. The zero-order chi connectivity index (χ0) is 19.3. The fourth-order valence-corrected chi connectivity index (χ4v) is 4.25. The first kappa shape index (κ1) is 19.2. The minimum atomic E-state index is -3.66. The summed E-state index contributed by atoms with van der Waals surface area (Å²) < 4.78 is 26.3. The van der Waals surface area contributed by atoms with Crippen molar-refractivity contribution in [2.75, 3.05) is 13.1 Å². The molecule has 0 radical (unpaired) electrons. The lowest BCUT2D eigenvalue weighted by Gasteiger charge is -2.42. The molecule has 0 aliphatic heterocycles. The summed E-state index contributed by atoms with van der Waals surface area (Å²) in [4.78, 5) is 12.6. The minimum Gasteiger partial charge on any atom is -0.351 e. The van der Waals surface area contributed by atoms with Gasteiger partial charge in [0.2, 0.25) is 10.0 Å². The van der Waals surface area contributed by atoms with Gasteiger partial charge in [0.15, 0.2) is 0 Å². The van der Waals surface area contributed by atoms with E-state index in [4.69, 9.17) is 6.42 Å². The molecule has 2 aromatic carbocycles. The fraction of sp³-hybridized carbons (Fsp3) is 0.286. The van der Waals surface area contributed by atoms with Crippen LogP contribution in [0, 0.1) is 12.3 Å². The molecule has 27 heavy (non-hydrogen) atoms. The second-order valence-electron chi connectivity index (χ2n) is 6.74. The second-order valence-corrected chi connectivity index (χ2v) is 8.50. The highest BCUT2D eigenvalue weighted by molar-refractivity contribution is 7.89. The molecule has 1 amide bonds. The van der Waals surface area contributed by atoms with Crippen LogP contribution in [0.2, 0.25) is 0 Å². The van der Waals surface area contributed by atoms with Gasteiger partial charge in [0.25, 0.3) is 5.91 Å². The lowest BCUT2D eigenvalue weighted by atomic mass is 9.64. The highest BCUT2D eigenvalue weighted by Gasteiger charge is 2.38. The molecule has 2 aromatic rings. The molecule has 1 fully saturated rings. The van der Waals surface area contributed by atoms with E-state index in [9.17, 15) is 13.2 Å². The molecule has 0 atom stereocenters. The molecule has 1 aliphatic carbocycles. The Morgan fingerprint density at radius 2 is 1.74 bits per heavy atom. The Bertz CT molecular complexity index is 941. The number of carbonyl (C=O) groups excluding carboxylic acids is 1.